The van der Waals surface area contributed by atoms with Gasteiger partial charge in [-0.15, -0.1) is 0 Å². The second-order valence-electron chi connectivity index (χ2n) is 7.35. The smallest absolute Gasteiger partial charge is 0.326 e. The molecule has 1 unspecified atom stereocenters. The molecule has 0 radical (unpaired) electrons. The van der Waals surface area contributed by atoms with Gasteiger partial charge in [-0.05, 0) is 31.4 Å². The van der Waals surface area contributed by atoms with Crippen molar-refractivity contribution < 1.29 is 23.9 Å². The normalized spacial score (nSPS) is 18.0. The highest BCUT2D eigenvalue weighted by atomic mass is 16.5. The van der Waals surface area contributed by atoms with E-state index >= 15 is 0 Å². The summed E-state index contributed by atoms with van der Waals surface area (Å²) in [5, 5.41) is 3.02. The first-order valence-corrected chi connectivity index (χ1v) is 10.1. The molecule has 1 atom stereocenters. The van der Waals surface area contributed by atoms with Crippen LogP contribution in [0.3, 0.4) is 0 Å². The van der Waals surface area contributed by atoms with Crippen molar-refractivity contribution in [1.82, 2.24) is 5.32 Å². The fourth-order valence-corrected chi connectivity index (χ4v) is 3.70. The molecule has 2 aliphatic rings. The van der Waals surface area contributed by atoms with Crippen LogP contribution in [0.5, 0.6) is 5.75 Å². The van der Waals surface area contributed by atoms with Gasteiger partial charge in [0.15, 0.2) is 12.7 Å². The van der Waals surface area contributed by atoms with E-state index in [4.69, 9.17) is 9.47 Å². The monoisotopic (exact) mass is 388 g/mol. The average molecular weight is 388 g/mol. The fourth-order valence-electron chi connectivity index (χ4n) is 3.70. The molecule has 1 saturated carbocycles. The summed E-state index contributed by atoms with van der Waals surface area (Å²) in [4.78, 5) is 38.7. The number of carbonyl (C=O) groups excluding carboxylic acids is 3. The number of carbonyl (C=O) groups is 3. The molecule has 1 N–H and O–H groups in total. The van der Waals surface area contributed by atoms with Gasteiger partial charge in [-0.2, -0.15) is 0 Å². The predicted octanol–water partition coefficient (Wildman–Crippen LogP) is 2.57. The third-order valence-electron chi connectivity index (χ3n) is 5.16. The summed E-state index contributed by atoms with van der Waals surface area (Å²) in [6.07, 6.45) is 5.71. The molecule has 1 aromatic rings. The van der Waals surface area contributed by atoms with Crippen LogP contribution >= 0.6 is 0 Å². The van der Waals surface area contributed by atoms with Crippen LogP contribution < -0.4 is 15.0 Å². The zero-order chi connectivity index (χ0) is 19.9. The Labute approximate surface area is 165 Å². The van der Waals surface area contributed by atoms with Crippen molar-refractivity contribution in [3.05, 3.63) is 24.3 Å². The van der Waals surface area contributed by atoms with Gasteiger partial charge in [-0.3, -0.25) is 19.3 Å². The first-order chi connectivity index (χ1) is 13.6. The maximum absolute atomic E-state index is 12.6. The van der Waals surface area contributed by atoms with Gasteiger partial charge in [0, 0.05) is 6.04 Å². The molecular weight excluding hydrogens is 360 g/mol. The second kappa shape index (κ2) is 9.57. The number of benzene rings is 1. The lowest BCUT2D eigenvalue weighted by Gasteiger charge is -2.29. The van der Waals surface area contributed by atoms with Crippen LogP contribution in [-0.4, -0.2) is 43.1 Å². The number of fused-ring (bicyclic) bond motifs is 1. The fraction of sp³-hybridized carbons (Fsp3) is 0.571. The van der Waals surface area contributed by atoms with Crippen LogP contribution in [0, 0.1) is 0 Å². The number of rotatable bonds is 7. The largest absolute Gasteiger partial charge is 0.482 e. The lowest BCUT2D eigenvalue weighted by atomic mass is 9.95. The van der Waals surface area contributed by atoms with Crippen molar-refractivity contribution in [3.8, 4) is 5.75 Å². The minimum absolute atomic E-state index is 0.120. The van der Waals surface area contributed by atoms with Crippen LogP contribution in [0.1, 0.15) is 51.9 Å². The van der Waals surface area contributed by atoms with Crippen LogP contribution in [0.25, 0.3) is 0 Å². The summed E-state index contributed by atoms with van der Waals surface area (Å²) in [5.41, 5.74) is 0.536. The van der Waals surface area contributed by atoms with Gasteiger partial charge in [0.25, 0.3) is 11.8 Å². The van der Waals surface area contributed by atoms with Gasteiger partial charge in [0.05, 0.1) is 5.69 Å². The molecule has 0 aromatic heterocycles. The molecule has 3 rings (SSSR count). The molecule has 1 fully saturated rings. The molecule has 7 heteroatoms. The molecule has 7 nitrogen and oxygen atoms in total. The van der Waals surface area contributed by atoms with Crippen molar-refractivity contribution in [3.63, 3.8) is 0 Å². The highest BCUT2D eigenvalue weighted by molar-refractivity contribution is 6.01. The van der Waals surface area contributed by atoms with Crippen molar-refractivity contribution in [2.75, 3.05) is 18.1 Å². The molecule has 1 heterocycles. The van der Waals surface area contributed by atoms with Crippen LogP contribution in [0.4, 0.5) is 5.69 Å². The molecule has 0 bridgehead atoms. The topological polar surface area (TPSA) is 84.9 Å². The van der Waals surface area contributed by atoms with Gasteiger partial charge >= 0.3 is 5.97 Å². The number of nitrogens with zero attached hydrogens (tertiary/aromatic N) is 1. The zero-order valence-corrected chi connectivity index (χ0v) is 16.3. The van der Waals surface area contributed by atoms with Crippen molar-refractivity contribution in [2.45, 2.75) is 64.0 Å². The maximum Gasteiger partial charge on any atom is 0.326 e. The van der Waals surface area contributed by atoms with Crippen molar-refractivity contribution in [2.24, 2.45) is 0 Å². The number of amides is 2. The highest BCUT2D eigenvalue weighted by Crippen LogP contribution is 2.31. The number of ether oxygens (including phenoxy) is 2. The third kappa shape index (κ3) is 5.03. The van der Waals surface area contributed by atoms with Crippen LogP contribution in [0.2, 0.25) is 0 Å². The van der Waals surface area contributed by atoms with E-state index in [0.717, 1.165) is 32.1 Å². The molecule has 152 valence electrons. The van der Waals surface area contributed by atoms with Crippen molar-refractivity contribution in [1.29, 1.82) is 0 Å². The van der Waals surface area contributed by atoms with E-state index in [0.29, 0.717) is 17.9 Å². The minimum Gasteiger partial charge on any atom is -0.482 e. The first-order valence-electron chi connectivity index (χ1n) is 10.1. The molecular formula is C21H28N2O5. The average Bonchev–Trinajstić information content (AvgIpc) is 2.70. The number of nitrogens with one attached hydrogen (secondary N) is 1. The molecule has 1 aromatic carbocycles. The number of hydrogen-bond acceptors (Lipinski definition) is 5. The Morgan fingerprint density at radius 3 is 2.75 bits per heavy atom. The summed E-state index contributed by atoms with van der Waals surface area (Å²) >= 11 is 0. The maximum atomic E-state index is 12.6. The zero-order valence-electron chi connectivity index (χ0n) is 16.3. The van der Waals surface area contributed by atoms with E-state index in [1.165, 1.54) is 11.3 Å². The lowest BCUT2D eigenvalue weighted by molar-refractivity contribution is -0.155. The van der Waals surface area contributed by atoms with Gasteiger partial charge < -0.3 is 14.8 Å². The quantitative estimate of drug-likeness (QED) is 0.726. The Morgan fingerprint density at radius 2 is 2.00 bits per heavy atom. The summed E-state index contributed by atoms with van der Waals surface area (Å²) in [5.74, 6) is -0.595. The lowest BCUT2D eigenvalue weighted by Crippen LogP contribution is -2.46. The van der Waals surface area contributed by atoms with Gasteiger partial charge in [0.1, 0.15) is 12.3 Å². The summed E-state index contributed by atoms with van der Waals surface area (Å²) in [6.45, 7) is 1.58. The molecule has 2 amide bonds. The van der Waals surface area contributed by atoms with Crippen molar-refractivity contribution >= 4 is 23.5 Å². The SMILES string of the molecule is CCCC(OC(=O)CN1C(=O)COc2ccccc21)C(=O)NC1CCCCC1. The molecule has 0 spiro atoms. The minimum atomic E-state index is -0.828. The molecule has 0 saturated heterocycles. The number of hydrogen-bond donors (Lipinski definition) is 1. The van der Waals surface area contributed by atoms with Gasteiger partial charge in [0.2, 0.25) is 0 Å². The summed E-state index contributed by atoms with van der Waals surface area (Å²) in [7, 11) is 0. The standard InChI is InChI=1S/C21H28N2O5/c1-2-8-18(21(26)22-15-9-4-3-5-10-15)28-20(25)13-23-16-11-6-7-12-17(16)27-14-19(23)24/h6-7,11-12,15,18H,2-5,8-10,13-14H2,1H3,(H,22,26). The van der Waals surface area contributed by atoms with E-state index in [2.05, 4.69) is 5.32 Å². The van der Waals surface area contributed by atoms with E-state index in [1.54, 1.807) is 24.3 Å². The van der Waals surface area contributed by atoms with Gasteiger partial charge in [-0.1, -0.05) is 44.7 Å². The predicted molar refractivity (Wildman–Crippen MR) is 104 cm³/mol. The summed E-state index contributed by atoms with van der Waals surface area (Å²) in [6, 6.07) is 7.21. The number of para-hydroxylation sites is 2. The van der Waals surface area contributed by atoms with Crippen LogP contribution in [-0.2, 0) is 19.1 Å². The molecule has 1 aliphatic carbocycles. The van der Waals surface area contributed by atoms with E-state index in [1.807, 2.05) is 6.92 Å². The highest BCUT2D eigenvalue weighted by Gasteiger charge is 2.30. The Bertz CT molecular complexity index is 715. The molecule has 28 heavy (non-hydrogen) atoms. The second-order valence-corrected chi connectivity index (χ2v) is 7.35. The first kappa shape index (κ1) is 20.2. The Kier molecular flexibility index (Phi) is 6.90. The number of esters is 1. The van der Waals surface area contributed by atoms with Crippen LogP contribution in [0.15, 0.2) is 24.3 Å². The van der Waals surface area contributed by atoms with E-state index in [-0.39, 0.29) is 31.0 Å². The van der Waals surface area contributed by atoms with Gasteiger partial charge in [-0.25, -0.2) is 0 Å². The Morgan fingerprint density at radius 1 is 1.25 bits per heavy atom. The Balaban J connectivity index is 1.61. The van der Waals surface area contributed by atoms with E-state index < -0.39 is 12.1 Å². The molecule has 1 aliphatic heterocycles. The van der Waals surface area contributed by atoms with E-state index in [9.17, 15) is 14.4 Å². The Hall–Kier alpha value is -2.57. The number of anilines is 1. The third-order valence-corrected chi connectivity index (χ3v) is 5.16. The summed E-state index contributed by atoms with van der Waals surface area (Å²) < 4.78 is 10.9.